The Morgan fingerprint density at radius 3 is 2.52 bits per heavy atom. The molecule has 1 heterocycles. The molecule has 29 heavy (non-hydrogen) atoms. The maximum Gasteiger partial charge on any atom is 0.264 e. The first-order valence-electron chi connectivity index (χ1n) is 10.1. The van der Waals surface area contributed by atoms with Crippen LogP contribution >= 0.6 is 0 Å². The minimum Gasteiger partial charge on any atom is -0.351 e. The highest BCUT2D eigenvalue weighted by Gasteiger charge is 2.53. The predicted octanol–water partition coefficient (Wildman–Crippen LogP) is 2.72. The average molecular weight is 426 g/mol. The van der Waals surface area contributed by atoms with Gasteiger partial charge in [-0.3, -0.25) is 8.98 Å². The molecule has 2 fully saturated rings. The molecule has 3 rings (SSSR count). The number of nitrogens with one attached hydrogen (secondary N) is 1. The van der Waals surface area contributed by atoms with Crippen LogP contribution in [0.15, 0.2) is 30.3 Å². The molecule has 0 radical (unpaired) electrons. The summed E-state index contributed by atoms with van der Waals surface area (Å²) in [4.78, 5) is 12.8. The van der Waals surface area contributed by atoms with Gasteiger partial charge >= 0.3 is 0 Å². The topological polar surface area (TPSA) is 90.9 Å². The molecule has 0 unspecified atom stereocenters. The predicted molar refractivity (Wildman–Crippen MR) is 109 cm³/mol. The largest absolute Gasteiger partial charge is 0.351 e. The number of hydrogen-bond donors (Lipinski definition) is 1. The van der Waals surface area contributed by atoms with E-state index in [1.165, 1.54) is 0 Å². The van der Waals surface area contributed by atoms with E-state index in [4.69, 9.17) is 13.7 Å². The van der Waals surface area contributed by atoms with Crippen LogP contribution in [-0.4, -0.2) is 51.7 Å². The summed E-state index contributed by atoms with van der Waals surface area (Å²) in [7, 11) is -3.76. The Bertz CT molecular complexity index is 810. The van der Waals surface area contributed by atoms with Crippen LogP contribution in [0.2, 0.25) is 0 Å². The van der Waals surface area contributed by atoms with E-state index < -0.39 is 34.7 Å². The van der Waals surface area contributed by atoms with Crippen molar-refractivity contribution >= 4 is 16.0 Å². The van der Waals surface area contributed by atoms with Gasteiger partial charge in [-0.15, -0.1) is 0 Å². The normalized spacial score (nSPS) is 31.7. The van der Waals surface area contributed by atoms with Crippen molar-refractivity contribution in [1.82, 2.24) is 5.32 Å². The van der Waals surface area contributed by atoms with Crippen LogP contribution in [0.3, 0.4) is 0 Å². The smallest absolute Gasteiger partial charge is 0.264 e. The zero-order valence-corrected chi connectivity index (χ0v) is 18.3. The molecule has 7 nitrogen and oxygen atoms in total. The molecule has 1 saturated heterocycles. The maximum absolute atomic E-state index is 12.8. The molecule has 5 atom stereocenters. The van der Waals surface area contributed by atoms with Gasteiger partial charge in [0, 0.05) is 12.2 Å². The molecule has 1 amide bonds. The lowest BCUT2D eigenvalue weighted by Crippen LogP contribution is -2.50. The molecule has 1 aliphatic carbocycles. The molecular weight excluding hydrogens is 394 g/mol. The minimum atomic E-state index is -3.76. The van der Waals surface area contributed by atoms with Gasteiger partial charge < -0.3 is 14.8 Å². The molecule has 0 spiro atoms. The van der Waals surface area contributed by atoms with E-state index in [2.05, 4.69) is 19.2 Å². The van der Waals surface area contributed by atoms with Crippen LogP contribution in [-0.2, 0) is 23.8 Å². The highest BCUT2D eigenvalue weighted by Crippen LogP contribution is 2.46. The zero-order chi connectivity index (χ0) is 21.2. The maximum atomic E-state index is 12.8. The molecule has 1 saturated carbocycles. The summed E-state index contributed by atoms with van der Waals surface area (Å²) in [6.45, 7) is 6.60. The van der Waals surface area contributed by atoms with Crippen LogP contribution < -0.4 is 5.32 Å². The van der Waals surface area contributed by atoms with Crippen molar-refractivity contribution in [1.29, 1.82) is 0 Å². The molecule has 1 aromatic rings. The van der Waals surface area contributed by atoms with E-state index in [1.54, 1.807) is 24.3 Å². The molecule has 1 aromatic carbocycles. The minimum absolute atomic E-state index is 0.137. The first-order valence-corrected chi connectivity index (χ1v) is 11.9. The summed E-state index contributed by atoms with van der Waals surface area (Å²) < 4.78 is 41.4. The summed E-state index contributed by atoms with van der Waals surface area (Å²) in [5, 5.41) is 2.90. The number of amides is 1. The van der Waals surface area contributed by atoms with Gasteiger partial charge in [-0.25, -0.2) is 0 Å². The van der Waals surface area contributed by atoms with Crippen LogP contribution in [0.25, 0.3) is 0 Å². The van der Waals surface area contributed by atoms with E-state index in [1.807, 2.05) is 13.0 Å². The monoisotopic (exact) mass is 425 g/mol. The fourth-order valence-electron chi connectivity index (χ4n) is 4.42. The number of rotatable bonds is 7. The number of carbonyl (C=O) groups is 1. The average Bonchev–Trinajstić information content (AvgIpc) is 3.15. The highest BCUT2D eigenvalue weighted by molar-refractivity contribution is 7.86. The second-order valence-electron chi connectivity index (χ2n) is 8.72. The van der Waals surface area contributed by atoms with Crippen molar-refractivity contribution in [2.75, 3.05) is 12.9 Å². The van der Waals surface area contributed by atoms with Gasteiger partial charge in [0.2, 0.25) is 0 Å². The van der Waals surface area contributed by atoms with E-state index >= 15 is 0 Å². The molecule has 1 aliphatic heterocycles. The lowest BCUT2D eigenvalue weighted by molar-refractivity contribution is -0.148. The Labute approximate surface area is 173 Å². The third kappa shape index (κ3) is 5.57. The fraction of sp³-hybridized carbons (Fsp3) is 0.667. The van der Waals surface area contributed by atoms with E-state index in [9.17, 15) is 13.2 Å². The van der Waals surface area contributed by atoms with Gasteiger partial charge in [0.05, 0.1) is 12.4 Å². The SMILES string of the molecule is CCO[C@@H]1O[C@H]([C@@H]2CCC(C)(C)C2)[C@@H](OS(C)(=O)=O)[C@@H]1NC(=O)c1ccccc1. The molecular formula is C21H31NO6S. The van der Waals surface area contributed by atoms with Gasteiger partial charge in [-0.2, -0.15) is 8.42 Å². The summed E-state index contributed by atoms with van der Waals surface area (Å²) in [6.07, 6.45) is 1.79. The van der Waals surface area contributed by atoms with Gasteiger partial charge in [0.1, 0.15) is 12.1 Å². The Hall–Kier alpha value is -1.48. The van der Waals surface area contributed by atoms with Crippen molar-refractivity contribution < 1.29 is 26.9 Å². The van der Waals surface area contributed by atoms with Crippen LogP contribution in [0.5, 0.6) is 0 Å². The first kappa shape index (κ1) is 22.2. The van der Waals surface area contributed by atoms with Crippen molar-refractivity contribution in [2.45, 2.75) is 64.6 Å². The van der Waals surface area contributed by atoms with Crippen molar-refractivity contribution in [3.8, 4) is 0 Å². The Morgan fingerprint density at radius 1 is 1.28 bits per heavy atom. The van der Waals surface area contributed by atoms with Crippen LogP contribution in [0, 0.1) is 11.3 Å². The van der Waals surface area contributed by atoms with Crippen LogP contribution in [0.4, 0.5) is 0 Å². The van der Waals surface area contributed by atoms with Gasteiger partial charge in [0.15, 0.2) is 6.29 Å². The first-order chi connectivity index (χ1) is 13.6. The van der Waals surface area contributed by atoms with Gasteiger partial charge in [-0.05, 0) is 49.7 Å². The van der Waals surface area contributed by atoms with E-state index in [0.717, 1.165) is 25.5 Å². The molecule has 162 valence electrons. The summed E-state index contributed by atoms with van der Waals surface area (Å²) in [5.41, 5.74) is 0.641. The third-order valence-corrected chi connectivity index (χ3v) is 6.26. The second-order valence-corrected chi connectivity index (χ2v) is 10.3. The Balaban J connectivity index is 1.87. The van der Waals surface area contributed by atoms with Gasteiger partial charge in [0.25, 0.3) is 16.0 Å². The number of benzene rings is 1. The highest BCUT2D eigenvalue weighted by atomic mass is 32.2. The van der Waals surface area contributed by atoms with Gasteiger partial charge in [-0.1, -0.05) is 32.0 Å². The third-order valence-electron chi connectivity index (χ3n) is 5.68. The number of carbonyl (C=O) groups excluding carboxylic acids is 1. The van der Waals surface area contributed by atoms with Crippen molar-refractivity contribution in [2.24, 2.45) is 11.3 Å². The molecule has 2 aliphatic rings. The molecule has 1 N–H and O–H groups in total. The molecule has 0 aromatic heterocycles. The zero-order valence-electron chi connectivity index (χ0n) is 17.5. The van der Waals surface area contributed by atoms with E-state index in [-0.39, 0.29) is 17.2 Å². The standard InChI is InChI=1S/C21H31NO6S/c1-5-26-20-16(22-19(23)14-9-7-6-8-10-14)18(28-29(4,24)25)17(27-20)15-11-12-21(2,3)13-15/h6-10,15-18,20H,5,11-13H2,1-4H3,(H,22,23)/t15-,16+,17-,18+,20-/m1/s1. The number of hydrogen-bond acceptors (Lipinski definition) is 6. The quantitative estimate of drug-likeness (QED) is 0.676. The molecule has 0 bridgehead atoms. The van der Waals surface area contributed by atoms with E-state index in [0.29, 0.717) is 12.2 Å². The number of ether oxygens (including phenoxy) is 2. The fourth-order valence-corrected chi connectivity index (χ4v) is 5.06. The summed E-state index contributed by atoms with van der Waals surface area (Å²) >= 11 is 0. The summed E-state index contributed by atoms with van der Waals surface area (Å²) in [6, 6.07) is 8.04. The molecule has 8 heteroatoms. The van der Waals surface area contributed by atoms with Crippen LogP contribution in [0.1, 0.15) is 50.4 Å². The van der Waals surface area contributed by atoms with Crippen molar-refractivity contribution in [3.63, 3.8) is 0 Å². The summed E-state index contributed by atoms with van der Waals surface area (Å²) in [5.74, 6) is -0.184. The Morgan fingerprint density at radius 2 is 1.97 bits per heavy atom. The lowest BCUT2D eigenvalue weighted by Gasteiger charge is -2.27. The Kier molecular flexibility index (Phi) is 6.67. The van der Waals surface area contributed by atoms with Crippen molar-refractivity contribution in [3.05, 3.63) is 35.9 Å². The lowest BCUT2D eigenvalue weighted by atomic mass is 9.87. The second kappa shape index (κ2) is 8.71.